The van der Waals surface area contributed by atoms with Crippen LogP contribution in [0.25, 0.3) is 11.0 Å². The minimum atomic E-state index is 0.174. The maximum absolute atomic E-state index is 5.79. The third-order valence-electron chi connectivity index (χ3n) is 1.45. The molecule has 0 amide bonds. The Balaban J connectivity index is 2.92. The SMILES string of the molecule is Nc1nc(Cl)c2[nH]cc(Br)c2n1. The van der Waals surface area contributed by atoms with Crippen molar-refractivity contribution in [3.8, 4) is 0 Å². The summed E-state index contributed by atoms with van der Waals surface area (Å²) in [6.45, 7) is 0. The molecule has 0 saturated carbocycles. The molecule has 0 aromatic carbocycles. The first kappa shape index (κ1) is 7.82. The van der Waals surface area contributed by atoms with E-state index < -0.39 is 0 Å². The molecule has 0 fully saturated rings. The molecule has 0 aliphatic heterocycles. The van der Waals surface area contributed by atoms with Crippen molar-refractivity contribution in [2.45, 2.75) is 0 Å². The Morgan fingerprint density at radius 3 is 3.00 bits per heavy atom. The number of anilines is 1. The molecule has 0 atom stereocenters. The zero-order valence-corrected chi connectivity index (χ0v) is 8.15. The number of aromatic amines is 1. The van der Waals surface area contributed by atoms with E-state index in [4.69, 9.17) is 17.3 Å². The van der Waals surface area contributed by atoms with Gasteiger partial charge in [0.1, 0.15) is 11.0 Å². The van der Waals surface area contributed by atoms with Crippen molar-refractivity contribution in [3.05, 3.63) is 15.8 Å². The largest absolute Gasteiger partial charge is 0.368 e. The van der Waals surface area contributed by atoms with Crippen LogP contribution in [0.2, 0.25) is 5.15 Å². The van der Waals surface area contributed by atoms with Crippen molar-refractivity contribution in [3.63, 3.8) is 0 Å². The maximum atomic E-state index is 5.79. The van der Waals surface area contributed by atoms with Gasteiger partial charge in [-0.1, -0.05) is 11.6 Å². The molecule has 2 aromatic heterocycles. The van der Waals surface area contributed by atoms with E-state index in [0.717, 1.165) is 4.47 Å². The van der Waals surface area contributed by atoms with Crippen molar-refractivity contribution in [2.24, 2.45) is 0 Å². The van der Waals surface area contributed by atoms with Gasteiger partial charge < -0.3 is 10.7 Å². The fraction of sp³-hybridized carbons (Fsp3) is 0. The number of nitrogens with zero attached hydrogens (tertiary/aromatic N) is 2. The minimum absolute atomic E-state index is 0.174. The number of rotatable bonds is 0. The Morgan fingerprint density at radius 2 is 2.25 bits per heavy atom. The van der Waals surface area contributed by atoms with Gasteiger partial charge in [0.2, 0.25) is 5.95 Å². The summed E-state index contributed by atoms with van der Waals surface area (Å²) in [5.41, 5.74) is 6.81. The van der Waals surface area contributed by atoms with Gasteiger partial charge in [-0.2, -0.15) is 4.98 Å². The van der Waals surface area contributed by atoms with Gasteiger partial charge in [-0.25, -0.2) is 4.98 Å². The summed E-state index contributed by atoms with van der Waals surface area (Å²) in [5.74, 6) is 0.174. The number of H-pyrrole nitrogens is 1. The molecule has 6 heteroatoms. The number of hydrogen-bond donors (Lipinski definition) is 2. The highest BCUT2D eigenvalue weighted by molar-refractivity contribution is 9.10. The number of nitrogen functional groups attached to an aromatic ring is 1. The molecule has 2 rings (SSSR count). The van der Waals surface area contributed by atoms with Gasteiger partial charge in [-0.3, -0.25) is 0 Å². The first-order chi connectivity index (χ1) is 5.68. The average molecular weight is 247 g/mol. The average Bonchev–Trinajstić information content (AvgIpc) is 2.33. The lowest BCUT2D eigenvalue weighted by molar-refractivity contribution is 1.23. The Labute approximate surface area is 81.3 Å². The summed E-state index contributed by atoms with van der Waals surface area (Å²) in [6.07, 6.45) is 1.74. The van der Waals surface area contributed by atoms with Gasteiger partial charge in [-0.15, -0.1) is 0 Å². The summed E-state index contributed by atoms with van der Waals surface area (Å²) < 4.78 is 0.827. The monoisotopic (exact) mass is 246 g/mol. The van der Waals surface area contributed by atoms with E-state index in [0.29, 0.717) is 16.2 Å². The summed E-state index contributed by atoms with van der Waals surface area (Å²) in [6, 6.07) is 0. The molecule has 0 radical (unpaired) electrons. The van der Waals surface area contributed by atoms with Crippen molar-refractivity contribution in [1.29, 1.82) is 0 Å². The van der Waals surface area contributed by atoms with Gasteiger partial charge in [0.15, 0.2) is 5.15 Å². The van der Waals surface area contributed by atoms with E-state index in [2.05, 4.69) is 30.9 Å². The highest BCUT2D eigenvalue weighted by Crippen LogP contribution is 2.26. The van der Waals surface area contributed by atoms with Gasteiger partial charge in [0, 0.05) is 6.20 Å². The molecule has 3 N–H and O–H groups in total. The van der Waals surface area contributed by atoms with Crippen LogP contribution in [0.15, 0.2) is 10.7 Å². The quantitative estimate of drug-likeness (QED) is 0.699. The third kappa shape index (κ3) is 1.05. The number of halogens is 2. The van der Waals surface area contributed by atoms with Gasteiger partial charge in [-0.05, 0) is 15.9 Å². The van der Waals surface area contributed by atoms with Crippen LogP contribution >= 0.6 is 27.5 Å². The third-order valence-corrected chi connectivity index (χ3v) is 2.33. The molecule has 0 bridgehead atoms. The predicted octanol–water partition coefficient (Wildman–Crippen LogP) is 1.96. The van der Waals surface area contributed by atoms with E-state index in [-0.39, 0.29) is 5.95 Å². The van der Waals surface area contributed by atoms with E-state index >= 15 is 0 Å². The summed E-state index contributed by atoms with van der Waals surface area (Å²) >= 11 is 9.09. The fourth-order valence-electron chi connectivity index (χ4n) is 0.954. The molecule has 62 valence electrons. The molecule has 0 unspecified atom stereocenters. The van der Waals surface area contributed by atoms with Crippen LogP contribution in [0.5, 0.6) is 0 Å². The number of aromatic nitrogens is 3. The number of fused-ring (bicyclic) bond motifs is 1. The molecular formula is C6H4BrClN4. The second-order valence-electron chi connectivity index (χ2n) is 2.23. The molecular weight excluding hydrogens is 243 g/mol. The van der Waals surface area contributed by atoms with E-state index in [1.165, 1.54) is 0 Å². The topological polar surface area (TPSA) is 67.6 Å². The fourth-order valence-corrected chi connectivity index (χ4v) is 1.59. The van der Waals surface area contributed by atoms with Gasteiger partial charge >= 0.3 is 0 Å². The van der Waals surface area contributed by atoms with E-state index in [9.17, 15) is 0 Å². The Kier molecular flexibility index (Phi) is 1.69. The zero-order valence-electron chi connectivity index (χ0n) is 5.81. The van der Waals surface area contributed by atoms with Crippen LogP contribution in [0.4, 0.5) is 5.95 Å². The minimum Gasteiger partial charge on any atom is -0.368 e. The molecule has 2 aromatic rings. The van der Waals surface area contributed by atoms with Crippen LogP contribution in [-0.4, -0.2) is 15.0 Å². The Morgan fingerprint density at radius 1 is 1.50 bits per heavy atom. The second-order valence-corrected chi connectivity index (χ2v) is 3.45. The van der Waals surface area contributed by atoms with Gasteiger partial charge in [0.25, 0.3) is 0 Å². The lowest BCUT2D eigenvalue weighted by Gasteiger charge is -1.94. The second kappa shape index (κ2) is 2.60. The first-order valence-electron chi connectivity index (χ1n) is 3.14. The lowest BCUT2D eigenvalue weighted by atomic mass is 10.5. The van der Waals surface area contributed by atoms with Crippen LogP contribution < -0.4 is 5.73 Å². The Hall–Kier alpha value is -0.810. The standard InChI is InChI=1S/C6H4BrClN4/c7-2-1-10-4-3(2)11-6(9)12-5(4)8/h1,10H,(H2,9,11,12). The predicted molar refractivity (Wildman–Crippen MR) is 51.0 cm³/mol. The normalized spacial score (nSPS) is 10.8. The van der Waals surface area contributed by atoms with Crippen molar-refractivity contribution < 1.29 is 0 Å². The van der Waals surface area contributed by atoms with Crippen molar-refractivity contribution in [1.82, 2.24) is 15.0 Å². The zero-order chi connectivity index (χ0) is 8.72. The first-order valence-corrected chi connectivity index (χ1v) is 4.31. The number of nitrogens with two attached hydrogens (primary N) is 1. The number of nitrogens with one attached hydrogen (secondary N) is 1. The van der Waals surface area contributed by atoms with Crippen LogP contribution in [0.3, 0.4) is 0 Å². The Bertz CT molecular complexity index is 438. The van der Waals surface area contributed by atoms with E-state index in [1.54, 1.807) is 6.20 Å². The number of hydrogen-bond acceptors (Lipinski definition) is 3. The van der Waals surface area contributed by atoms with Crippen molar-refractivity contribution in [2.75, 3.05) is 5.73 Å². The molecule has 0 spiro atoms. The molecule has 0 aliphatic rings. The van der Waals surface area contributed by atoms with Gasteiger partial charge in [0.05, 0.1) is 4.47 Å². The molecule has 2 heterocycles. The molecule has 0 saturated heterocycles. The summed E-state index contributed by atoms with van der Waals surface area (Å²) in [4.78, 5) is 10.7. The van der Waals surface area contributed by atoms with Crippen LogP contribution in [0, 0.1) is 0 Å². The summed E-state index contributed by atoms with van der Waals surface area (Å²) in [7, 11) is 0. The maximum Gasteiger partial charge on any atom is 0.222 e. The van der Waals surface area contributed by atoms with Crippen LogP contribution in [0.1, 0.15) is 0 Å². The highest BCUT2D eigenvalue weighted by Gasteiger charge is 2.07. The van der Waals surface area contributed by atoms with Crippen LogP contribution in [-0.2, 0) is 0 Å². The smallest absolute Gasteiger partial charge is 0.222 e. The molecule has 0 aliphatic carbocycles. The summed E-state index contributed by atoms with van der Waals surface area (Å²) in [5, 5.41) is 0.336. The molecule has 12 heavy (non-hydrogen) atoms. The lowest BCUT2D eigenvalue weighted by Crippen LogP contribution is -1.94. The molecule has 4 nitrogen and oxygen atoms in total. The van der Waals surface area contributed by atoms with E-state index in [1.807, 2.05) is 0 Å². The highest BCUT2D eigenvalue weighted by atomic mass is 79.9. The van der Waals surface area contributed by atoms with Crippen molar-refractivity contribution >= 4 is 44.5 Å².